The number of rotatable bonds is 5. The second-order valence-corrected chi connectivity index (χ2v) is 4.08. The molecule has 0 amide bonds. The predicted molar refractivity (Wildman–Crippen MR) is 61.7 cm³/mol. The van der Waals surface area contributed by atoms with Crippen molar-refractivity contribution in [2.45, 2.75) is 25.0 Å². The standard InChI is InChI=1S/C13H16O4/c1-16-13(15)10-5-2-4-9(8-10)12-11(17-12)6-3-7-14/h2,4-5,8,11-12,14H,3,6-7H2,1H3. The predicted octanol–water partition coefficient (Wildman–Crippen LogP) is 1.69. The Bertz CT molecular complexity index is 402. The van der Waals surface area contributed by atoms with Crippen molar-refractivity contribution in [3.8, 4) is 0 Å². The van der Waals surface area contributed by atoms with E-state index in [4.69, 9.17) is 9.84 Å². The van der Waals surface area contributed by atoms with Gasteiger partial charge < -0.3 is 14.6 Å². The number of benzene rings is 1. The van der Waals surface area contributed by atoms with Crippen LogP contribution in [0.2, 0.25) is 0 Å². The largest absolute Gasteiger partial charge is 0.465 e. The lowest BCUT2D eigenvalue weighted by Gasteiger charge is -2.01. The quantitative estimate of drug-likeness (QED) is 0.624. The zero-order chi connectivity index (χ0) is 12.3. The zero-order valence-corrected chi connectivity index (χ0v) is 9.76. The Balaban J connectivity index is 2.01. The van der Waals surface area contributed by atoms with Gasteiger partial charge in [0.15, 0.2) is 0 Å². The van der Waals surface area contributed by atoms with Gasteiger partial charge in [-0.15, -0.1) is 0 Å². The van der Waals surface area contributed by atoms with E-state index in [1.165, 1.54) is 7.11 Å². The number of epoxide rings is 1. The normalized spacial score (nSPS) is 22.2. The lowest BCUT2D eigenvalue weighted by molar-refractivity contribution is 0.0600. The molecule has 1 aliphatic rings. The van der Waals surface area contributed by atoms with Gasteiger partial charge in [0.1, 0.15) is 6.10 Å². The molecule has 1 saturated heterocycles. The van der Waals surface area contributed by atoms with Gasteiger partial charge in [-0.05, 0) is 30.5 Å². The van der Waals surface area contributed by atoms with E-state index in [0.717, 1.165) is 18.4 Å². The summed E-state index contributed by atoms with van der Waals surface area (Å²) in [5.41, 5.74) is 1.54. The Morgan fingerprint density at radius 3 is 3.06 bits per heavy atom. The lowest BCUT2D eigenvalue weighted by atomic mass is 10.0. The summed E-state index contributed by atoms with van der Waals surface area (Å²) in [5.74, 6) is -0.334. The van der Waals surface area contributed by atoms with Crippen LogP contribution >= 0.6 is 0 Å². The second-order valence-electron chi connectivity index (χ2n) is 4.08. The summed E-state index contributed by atoms with van der Waals surface area (Å²) in [7, 11) is 1.37. The number of ether oxygens (including phenoxy) is 2. The SMILES string of the molecule is COC(=O)c1cccc(C2OC2CCCO)c1. The van der Waals surface area contributed by atoms with Crippen molar-refractivity contribution in [1.82, 2.24) is 0 Å². The summed E-state index contributed by atoms with van der Waals surface area (Å²) >= 11 is 0. The third-order valence-electron chi connectivity index (χ3n) is 2.87. The molecule has 0 radical (unpaired) electrons. The third kappa shape index (κ3) is 2.84. The Morgan fingerprint density at radius 2 is 2.35 bits per heavy atom. The molecule has 17 heavy (non-hydrogen) atoms. The van der Waals surface area contributed by atoms with Gasteiger partial charge >= 0.3 is 5.97 Å². The van der Waals surface area contributed by atoms with E-state index < -0.39 is 0 Å². The molecule has 0 aromatic heterocycles. The minimum absolute atomic E-state index is 0.0613. The van der Waals surface area contributed by atoms with Gasteiger partial charge in [-0.2, -0.15) is 0 Å². The summed E-state index contributed by atoms with van der Waals surface area (Å²) in [6, 6.07) is 7.29. The number of methoxy groups -OCH3 is 1. The maximum atomic E-state index is 11.4. The van der Waals surface area contributed by atoms with Crippen LogP contribution in [0, 0.1) is 0 Å². The first-order valence-corrected chi connectivity index (χ1v) is 5.71. The highest BCUT2D eigenvalue weighted by Crippen LogP contribution is 2.41. The molecular formula is C13H16O4. The Hall–Kier alpha value is -1.39. The fourth-order valence-electron chi connectivity index (χ4n) is 1.91. The molecule has 1 aromatic rings. The molecule has 0 bridgehead atoms. The molecule has 1 fully saturated rings. The van der Waals surface area contributed by atoms with Crippen LogP contribution in [0.4, 0.5) is 0 Å². The van der Waals surface area contributed by atoms with Gasteiger partial charge in [0, 0.05) is 6.61 Å². The first kappa shape index (κ1) is 12.1. The summed E-state index contributed by atoms with van der Waals surface area (Å²) in [6.45, 7) is 0.189. The van der Waals surface area contributed by atoms with Crippen LogP contribution in [0.25, 0.3) is 0 Å². The minimum atomic E-state index is -0.334. The number of carbonyl (C=O) groups excluding carboxylic acids is 1. The van der Waals surface area contributed by atoms with Crippen molar-refractivity contribution in [1.29, 1.82) is 0 Å². The van der Waals surface area contributed by atoms with Crippen LogP contribution in [0.3, 0.4) is 0 Å². The molecule has 0 aliphatic carbocycles. The second kappa shape index (κ2) is 5.29. The van der Waals surface area contributed by atoms with Crippen molar-refractivity contribution in [2.75, 3.05) is 13.7 Å². The van der Waals surface area contributed by atoms with E-state index in [1.54, 1.807) is 12.1 Å². The summed E-state index contributed by atoms with van der Waals surface area (Å²) in [5, 5.41) is 8.73. The van der Waals surface area contributed by atoms with Crippen LogP contribution in [-0.2, 0) is 9.47 Å². The van der Waals surface area contributed by atoms with Crippen molar-refractivity contribution >= 4 is 5.97 Å². The average Bonchev–Trinajstić information content (AvgIpc) is 3.15. The van der Waals surface area contributed by atoms with E-state index in [1.807, 2.05) is 12.1 Å². The molecule has 1 heterocycles. The molecule has 4 heteroatoms. The highest BCUT2D eigenvalue weighted by Gasteiger charge is 2.39. The molecule has 0 spiro atoms. The molecule has 1 aliphatic heterocycles. The third-order valence-corrected chi connectivity index (χ3v) is 2.87. The van der Waals surface area contributed by atoms with E-state index >= 15 is 0 Å². The van der Waals surface area contributed by atoms with Gasteiger partial charge in [-0.3, -0.25) is 0 Å². The van der Waals surface area contributed by atoms with E-state index in [0.29, 0.717) is 5.56 Å². The molecule has 1 N–H and O–H groups in total. The van der Waals surface area contributed by atoms with Crippen LogP contribution in [0.1, 0.15) is 34.9 Å². The number of aliphatic hydroxyl groups excluding tert-OH is 1. The molecule has 2 atom stereocenters. The molecule has 2 rings (SSSR count). The molecule has 1 aromatic carbocycles. The first-order chi connectivity index (χ1) is 8.26. The number of hydrogen-bond acceptors (Lipinski definition) is 4. The van der Waals surface area contributed by atoms with Crippen molar-refractivity contribution in [2.24, 2.45) is 0 Å². The highest BCUT2D eigenvalue weighted by molar-refractivity contribution is 5.89. The van der Waals surface area contributed by atoms with Crippen LogP contribution < -0.4 is 0 Å². The Morgan fingerprint density at radius 1 is 1.53 bits per heavy atom. The molecule has 92 valence electrons. The lowest BCUT2D eigenvalue weighted by Crippen LogP contribution is -2.01. The number of hydrogen-bond donors (Lipinski definition) is 1. The fraction of sp³-hybridized carbons (Fsp3) is 0.462. The van der Waals surface area contributed by atoms with Crippen molar-refractivity contribution in [3.05, 3.63) is 35.4 Å². The van der Waals surface area contributed by atoms with Gasteiger partial charge in [0.25, 0.3) is 0 Å². The summed E-state index contributed by atoms with van der Waals surface area (Å²) < 4.78 is 10.2. The first-order valence-electron chi connectivity index (χ1n) is 5.71. The number of esters is 1. The number of aliphatic hydroxyl groups is 1. The van der Waals surface area contributed by atoms with Crippen LogP contribution in [-0.4, -0.2) is 30.9 Å². The molecule has 2 unspecified atom stereocenters. The zero-order valence-electron chi connectivity index (χ0n) is 9.76. The van der Waals surface area contributed by atoms with E-state index in [9.17, 15) is 4.79 Å². The van der Waals surface area contributed by atoms with Crippen LogP contribution in [0.5, 0.6) is 0 Å². The smallest absolute Gasteiger partial charge is 0.337 e. The van der Waals surface area contributed by atoms with Crippen LogP contribution in [0.15, 0.2) is 24.3 Å². The molecule has 4 nitrogen and oxygen atoms in total. The monoisotopic (exact) mass is 236 g/mol. The molecule has 0 saturated carbocycles. The molecular weight excluding hydrogens is 220 g/mol. The number of carbonyl (C=O) groups is 1. The van der Waals surface area contributed by atoms with Gasteiger partial charge in [0.05, 0.1) is 18.8 Å². The maximum Gasteiger partial charge on any atom is 0.337 e. The van der Waals surface area contributed by atoms with Crippen molar-refractivity contribution < 1.29 is 19.4 Å². The highest BCUT2D eigenvalue weighted by atomic mass is 16.6. The van der Waals surface area contributed by atoms with E-state index in [-0.39, 0.29) is 24.8 Å². The van der Waals surface area contributed by atoms with Gasteiger partial charge in [-0.1, -0.05) is 12.1 Å². The fourth-order valence-corrected chi connectivity index (χ4v) is 1.91. The Labute approximate surface area is 100 Å². The maximum absolute atomic E-state index is 11.4. The van der Waals surface area contributed by atoms with Gasteiger partial charge in [-0.25, -0.2) is 4.79 Å². The average molecular weight is 236 g/mol. The van der Waals surface area contributed by atoms with Crippen molar-refractivity contribution in [3.63, 3.8) is 0 Å². The topological polar surface area (TPSA) is 59.1 Å². The summed E-state index contributed by atoms with van der Waals surface area (Å²) in [4.78, 5) is 11.4. The van der Waals surface area contributed by atoms with E-state index in [2.05, 4.69) is 4.74 Å². The van der Waals surface area contributed by atoms with Gasteiger partial charge in [0.2, 0.25) is 0 Å². The minimum Gasteiger partial charge on any atom is -0.465 e. The summed E-state index contributed by atoms with van der Waals surface area (Å²) in [6.07, 6.45) is 1.84. The Kier molecular flexibility index (Phi) is 3.76.